The Bertz CT molecular complexity index is 1050. The third-order valence-electron chi connectivity index (χ3n) is 5.83. The van der Waals surface area contributed by atoms with E-state index in [2.05, 4.69) is 28.8 Å². The van der Waals surface area contributed by atoms with Crippen molar-refractivity contribution in [2.24, 2.45) is 0 Å². The molecule has 3 aromatic rings. The van der Waals surface area contributed by atoms with Crippen molar-refractivity contribution in [2.45, 2.75) is 44.2 Å². The molecule has 1 atom stereocenters. The maximum atomic E-state index is 12.4. The molecule has 0 spiro atoms. The van der Waals surface area contributed by atoms with Gasteiger partial charge in [-0.05, 0) is 47.7 Å². The van der Waals surface area contributed by atoms with Crippen molar-refractivity contribution in [1.82, 2.24) is 10.6 Å². The van der Waals surface area contributed by atoms with Gasteiger partial charge >= 0.3 is 0 Å². The first-order chi connectivity index (χ1) is 14.6. The van der Waals surface area contributed by atoms with Gasteiger partial charge in [0.05, 0.1) is 13.7 Å². The zero-order valence-electron chi connectivity index (χ0n) is 17.1. The lowest BCUT2D eigenvalue weighted by atomic mass is 9.83. The molecule has 0 radical (unpaired) electrons. The third kappa shape index (κ3) is 4.49. The first kappa shape index (κ1) is 20.4. The van der Waals surface area contributed by atoms with E-state index >= 15 is 0 Å². The number of nitrogens with one attached hydrogen (secondary N) is 2. The summed E-state index contributed by atoms with van der Waals surface area (Å²) in [4.78, 5) is 25.7. The molecule has 0 saturated carbocycles. The van der Waals surface area contributed by atoms with Crippen molar-refractivity contribution in [3.05, 3.63) is 64.4 Å². The van der Waals surface area contributed by atoms with Crippen LogP contribution in [0.5, 0.6) is 5.75 Å². The number of fused-ring (bicyclic) bond motifs is 1. The van der Waals surface area contributed by atoms with E-state index in [1.165, 1.54) is 0 Å². The lowest BCUT2D eigenvalue weighted by Gasteiger charge is -2.30. The summed E-state index contributed by atoms with van der Waals surface area (Å²) in [6, 6.07) is 16.2. The monoisotopic (exact) mass is 422 g/mol. The Labute approximate surface area is 180 Å². The molecule has 0 unspecified atom stereocenters. The average Bonchev–Trinajstić information content (AvgIpc) is 3.41. The topological polar surface area (TPSA) is 67.4 Å². The van der Waals surface area contributed by atoms with E-state index in [-0.39, 0.29) is 11.8 Å². The van der Waals surface area contributed by atoms with E-state index in [1.807, 2.05) is 35.7 Å². The van der Waals surface area contributed by atoms with E-state index in [1.54, 1.807) is 18.4 Å². The number of thiophene rings is 1. The van der Waals surface area contributed by atoms with Gasteiger partial charge < -0.3 is 15.4 Å². The van der Waals surface area contributed by atoms with Crippen LogP contribution in [0.15, 0.2) is 53.9 Å². The molecule has 1 fully saturated rings. The van der Waals surface area contributed by atoms with Crippen molar-refractivity contribution in [2.75, 3.05) is 7.11 Å². The predicted octanol–water partition coefficient (Wildman–Crippen LogP) is 4.20. The number of ether oxygens (including phenoxy) is 1. The Balaban J connectivity index is 1.50. The van der Waals surface area contributed by atoms with Gasteiger partial charge in [0.15, 0.2) is 0 Å². The van der Waals surface area contributed by atoms with Gasteiger partial charge in [-0.15, -0.1) is 11.3 Å². The van der Waals surface area contributed by atoms with Crippen molar-refractivity contribution >= 4 is 33.9 Å². The molecule has 0 bridgehead atoms. The van der Waals surface area contributed by atoms with Gasteiger partial charge in [-0.3, -0.25) is 9.59 Å². The van der Waals surface area contributed by atoms with E-state index in [0.29, 0.717) is 32.2 Å². The summed E-state index contributed by atoms with van der Waals surface area (Å²) < 4.78 is 5.51. The Morgan fingerprint density at radius 2 is 2.00 bits per heavy atom. The minimum absolute atomic E-state index is 0.0171. The summed E-state index contributed by atoms with van der Waals surface area (Å²) in [5, 5.41) is 10.4. The van der Waals surface area contributed by atoms with Crippen molar-refractivity contribution < 1.29 is 14.3 Å². The molecule has 1 saturated heterocycles. The zero-order valence-corrected chi connectivity index (χ0v) is 17.9. The smallest absolute Gasteiger partial charge is 0.220 e. The van der Waals surface area contributed by atoms with Crippen LogP contribution in [0, 0.1) is 0 Å². The fraction of sp³-hybridized carbons (Fsp3) is 0.333. The number of amides is 2. The summed E-state index contributed by atoms with van der Waals surface area (Å²) in [6.07, 6.45) is 2.95. The molecule has 6 heteroatoms. The van der Waals surface area contributed by atoms with Crippen LogP contribution in [0.3, 0.4) is 0 Å². The molecule has 0 aliphatic carbocycles. The van der Waals surface area contributed by atoms with Gasteiger partial charge in [-0.2, -0.15) is 0 Å². The van der Waals surface area contributed by atoms with Crippen LogP contribution >= 0.6 is 11.3 Å². The van der Waals surface area contributed by atoms with Gasteiger partial charge in [0.25, 0.3) is 0 Å². The molecule has 1 aliphatic rings. The molecule has 2 amide bonds. The van der Waals surface area contributed by atoms with E-state index < -0.39 is 5.54 Å². The number of methoxy groups -OCH3 is 1. The normalized spacial score (nSPS) is 18.4. The largest absolute Gasteiger partial charge is 0.496 e. The van der Waals surface area contributed by atoms with Gasteiger partial charge in [0.2, 0.25) is 11.8 Å². The minimum Gasteiger partial charge on any atom is -0.496 e. The SMILES string of the molecule is COc1ccc(C[C@]2(CCC(=O)NCc3cccs3)CCC(=O)N2)c2ccccc12. The molecular weight excluding hydrogens is 396 g/mol. The fourth-order valence-electron chi connectivity index (χ4n) is 4.25. The molecule has 2 N–H and O–H groups in total. The Hall–Kier alpha value is -2.86. The summed E-state index contributed by atoms with van der Waals surface area (Å²) in [7, 11) is 1.68. The number of benzene rings is 2. The zero-order chi connectivity index (χ0) is 21.0. The summed E-state index contributed by atoms with van der Waals surface area (Å²) in [5.41, 5.74) is 0.766. The minimum atomic E-state index is -0.394. The number of hydrogen-bond donors (Lipinski definition) is 2. The highest BCUT2D eigenvalue weighted by Crippen LogP contribution is 2.34. The molecule has 2 heterocycles. The van der Waals surface area contributed by atoms with Gasteiger partial charge in [0, 0.05) is 28.6 Å². The molecule has 1 aromatic heterocycles. The summed E-state index contributed by atoms with van der Waals surface area (Å²) in [6.45, 7) is 0.555. The number of carbonyl (C=O) groups excluding carboxylic acids is 2. The van der Waals surface area contributed by atoms with Crippen LogP contribution in [0.1, 0.15) is 36.1 Å². The van der Waals surface area contributed by atoms with Crippen LogP contribution in [0.25, 0.3) is 10.8 Å². The quantitative estimate of drug-likeness (QED) is 0.572. The lowest BCUT2D eigenvalue weighted by Crippen LogP contribution is -2.44. The molecule has 156 valence electrons. The van der Waals surface area contributed by atoms with E-state index in [9.17, 15) is 9.59 Å². The first-order valence-corrected chi connectivity index (χ1v) is 11.1. The second kappa shape index (κ2) is 8.88. The van der Waals surface area contributed by atoms with Gasteiger partial charge in [-0.1, -0.05) is 36.4 Å². The highest BCUT2D eigenvalue weighted by Gasteiger charge is 2.38. The maximum Gasteiger partial charge on any atom is 0.220 e. The van der Waals surface area contributed by atoms with Crippen LogP contribution in [-0.2, 0) is 22.6 Å². The Morgan fingerprint density at radius 3 is 2.70 bits per heavy atom. The second-order valence-electron chi connectivity index (χ2n) is 7.83. The Morgan fingerprint density at radius 1 is 1.17 bits per heavy atom. The fourth-order valence-corrected chi connectivity index (χ4v) is 4.90. The number of carbonyl (C=O) groups is 2. The summed E-state index contributed by atoms with van der Waals surface area (Å²) in [5.74, 6) is 0.919. The van der Waals surface area contributed by atoms with E-state index in [4.69, 9.17) is 4.74 Å². The third-order valence-corrected chi connectivity index (χ3v) is 6.71. The van der Waals surface area contributed by atoms with Crippen LogP contribution < -0.4 is 15.4 Å². The lowest BCUT2D eigenvalue weighted by molar-refractivity contribution is -0.122. The molecule has 30 heavy (non-hydrogen) atoms. The van der Waals surface area contributed by atoms with Crippen molar-refractivity contribution in [1.29, 1.82) is 0 Å². The van der Waals surface area contributed by atoms with Crippen LogP contribution in [0.2, 0.25) is 0 Å². The Kier molecular flexibility index (Phi) is 6.04. The predicted molar refractivity (Wildman–Crippen MR) is 120 cm³/mol. The second-order valence-corrected chi connectivity index (χ2v) is 8.87. The number of hydrogen-bond acceptors (Lipinski definition) is 4. The number of rotatable bonds is 8. The molecule has 2 aromatic carbocycles. The molecule has 1 aliphatic heterocycles. The maximum absolute atomic E-state index is 12.4. The first-order valence-electron chi connectivity index (χ1n) is 10.2. The van der Waals surface area contributed by atoms with Crippen LogP contribution in [-0.4, -0.2) is 24.5 Å². The van der Waals surface area contributed by atoms with E-state index in [0.717, 1.165) is 33.4 Å². The molecule has 5 nitrogen and oxygen atoms in total. The van der Waals surface area contributed by atoms with Gasteiger partial charge in [0.1, 0.15) is 5.75 Å². The highest BCUT2D eigenvalue weighted by molar-refractivity contribution is 7.09. The highest BCUT2D eigenvalue weighted by atomic mass is 32.1. The van der Waals surface area contributed by atoms with Crippen molar-refractivity contribution in [3.63, 3.8) is 0 Å². The van der Waals surface area contributed by atoms with Crippen molar-refractivity contribution in [3.8, 4) is 5.75 Å². The molecular formula is C24H26N2O3S. The van der Waals surface area contributed by atoms with Crippen LogP contribution in [0.4, 0.5) is 0 Å². The summed E-state index contributed by atoms with van der Waals surface area (Å²) >= 11 is 1.63. The van der Waals surface area contributed by atoms with Gasteiger partial charge in [-0.25, -0.2) is 0 Å². The standard InChI is InChI=1S/C24H26N2O3S/c1-29-21-9-8-17(19-6-2-3-7-20(19)21)15-24(13-11-23(28)26-24)12-10-22(27)25-16-18-5-4-14-30-18/h2-9,14H,10-13,15-16H2,1H3,(H,25,27)(H,26,28)/t24-/m0/s1. The molecule has 4 rings (SSSR count). The average molecular weight is 423 g/mol.